The van der Waals surface area contributed by atoms with Crippen molar-refractivity contribution in [2.24, 2.45) is 0 Å². The lowest BCUT2D eigenvalue weighted by molar-refractivity contribution is 0.0643. The summed E-state index contributed by atoms with van der Waals surface area (Å²) in [5, 5.41) is 3.74. The quantitative estimate of drug-likeness (QED) is 0.882. The molecule has 20 heavy (non-hydrogen) atoms. The van der Waals surface area contributed by atoms with Crippen LogP contribution in [-0.4, -0.2) is 30.1 Å². The highest BCUT2D eigenvalue weighted by Gasteiger charge is 2.35. The number of hydrogen-bond acceptors (Lipinski definition) is 2. The predicted molar refractivity (Wildman–Crippen MR) is 84.9 cm³/mol. The lowest BCUT2D eigenvalue weighted by Gasteiger charge is -2.44. The van der Waals surface area contributed by atoms with Crippen LogP contribution >= 0.6 is 0 Å². The maximum atomic E-state index is 3.74. The molecule has 0 aromatic heterocycles. The van der Waals surface area contributed by atoms with Crippen molar-refractivity contribution in [2.45, 2.75) is 57.0 Å². The van der Waals surface area contributed by atoms with Crippen LogP contribution in [0.3, 0.4) is 0 Å². The first-order valence-electron chi connectivity index (χ1n) is 8.31. The molecule has 0 radical (unpaired) electrons. The Labute approximate surface area is 123 Å². The average molecular weight is 272 g/mol. The molecule has 0 spiro atoms. The summed E-state index contributed by atoms with van der Waals surface area (Å²) < 4.78 is 0. The third-order valence-corrected chi connectivity index (χ3v) is 5.29. The minimum atomic E-state index is 0.442. The molecule has 2 aliphatic rings. The SMILES string of the molecule is CC1(N2CCCNC(c3ccccc3)C2)CCCCC1. The van der Waals surface area contributed by atoms with Gasteiger partial charge in [0, 0.05) is 18.1 Å². The molecule has 3 rings (SSSR count). The third kappa shape index (κ3) is 3.07. The van der Waals surface area contributed by atoms with Crippen molar-refractivity contribution in [2.75, 3.05) is 19.6 Å². The zero-order chi connectivity index (χ0) is 13.8. The Morgan fingerprint density at radius 1 is 1.05 bits per heavy atom. The van der Waals surface area contributed by atoms with E-state index in [1.54, 1.807) is 0 Å². The summed E-state index contributed by atoms with van der Waals surface area (Å²) in [6, 6.07) is 11.5. The monoisotopic (exact) mass is 272 g/mol. The molecule has 2 fully saturated rings. The van der Waals surface area contributed by atoms with E-state index in [2.05, 4.69) is 47.5 Å². The molecule has 0 amide bonds. The van der Waals surface area contributed by atoms with Gasteiger partial charge in [0.2, 0.25) is 0 Å². The van der Waals surface area contributed by atoms with Crippen molar-refractivity contribution < 1.29 is 0 Å². The topological polar surface area (TPSA) is 15.3 Å². The normalized spacial score (nSPS) is 27.9. The van der Waals surface area contributed by atoms with Gasteiger partial charge < -0.3 is 5.32 Å². The lowest BCUT2D eigenvalue weighted by atomic mass is 9.81. The molecule has 1 N–H and O–H groups in total. The molecule has 1 unspecified atom stereocenters. The van der Waals surface area contributed by atoms with Gasteiger partial charge in [-0.1, -0.05) is 49.6 Å². The Kier molecular flexibility index (Phi) is 4.42. The van der Waals surface area contributed by atoms with Gasteiger partial charge in [0.25, 0.3) is 0 Å². The molecule has 2 nitrogen and oxygen atoms in total. The summed E-state index contributed by atoms with van der Waals surface area (Å²) in [4.78, 5) is 2.78. The maximum absolute atomic E-state index is 3.74. The van der Waals surface area contributed by atoms with Gasteiger partial charge in [-0.15, -0.1) is 0 Å². The fourth-order valence-corrected chi connectivity index (χ4v) is 3.95. The van der Waals surface area contributed by atoms with E-state index in [-0.39, 0.29) is 0 Å². The average Bonchev–Trinajstić information content (AvgIpc) is 2.75. The van der Waals surface area contributed by atoms with Crippen LogP contribution in [0.25, 0.3) is 0 Å². The molecule has 1 heterocycles. The fourth-order valence-electron chi connectivity index (χ4n) is 3.95. The van der Waals surface area contributed by atoms with Gasteiger partial charge in [0.05, 0.1) is 0 Å². The molecule has 1 aliphatic carbocycles. The number of nitrogens with zero attached hydrogens (tertiary/aromatic N) is 1. The Morgan fingerprint density at radius 3 is 2.55 bits per heavy atom. The first-order valence-corrected chi connectivity index (χ1v) is 8.31. The summed E-state index contributed by atoms with van der Waals surface area (Å²) >= 11 is 0. The molecule has 1 saturated carbocycles. The van der Waals surface area contributed by atoms with E-state index in [0.29, 0.717) is 11.6 Å². The largest absolute Gasteiger partial charge is 0.309 e. The molecule has 1 atom stereocenters. The van der Waals surface area contributed by atoms with Crippen molar-refractivity contribution in [3.05, 3.63) is 35.9 Å². The summed E-state index contributed by atoms with van der Waals surface area (Å²) in [6.45, 7) is 6.07. The number of nitrogens with one attached hydrogen (secondary N) is 1. The third-order valence-electron chi connectivity index (χ3n) is 5.29. The van der Waals surface area contributed by atoms with Crippen LogP contribution in [0.4, 0.5) is 0 Å². The Hall–Kier alpha value is -0.860. The second kappa shape index (κ2) is 6.28. The van der Waals surface area contributed by atoms with E-state index in [9.17, 15) is 0 Å². The smallest absolute Gasteiger partial charge is 0.0449 e. The second-order valence-electron chi connectivity index (χ2n) is 6.77. The van der Waals surface area contributed by atoms with Gasteiger partial charge in [0.1, 0.15) is 0 Å². The van der Waals surface area contributed by atoms with Crippen LogP contribution in [0.2, 0.25) is 0 Å². The van der Waals surface area contributed by atoms with Crippen LogP contribution in [0, 0.1) is 0 Å². The first-order chi connectivity index (χ1) is 9.78. The van der Waals surface area contributed by atoms with Crippen LogP contribution in [0.5, 0.6) is 0 Å². The highest BCUT2D eigenvalue weighted by Crippen LogP contribution is 2.35. The zero-order valence-corrected chi connectivity index (χ0v) is 12.8. The Bertz CT molecular complexity index is 409. The molecule has 2 heteroatoms. The fraction of sp³-hybridized carbons (Fsp3) is 0.667. The van der Waals surface area contributed by atoms with E-state index < -0.39 is 0 Å². The lowest BCUT2D eigenvalue weighted by Crippen LogP contribution is -2.49. The van der Waals surface area contributed by atoms with E-state index in [1.807, 2.05) is 0 Å². The van der Waals surface area contributed by atoms with E-state index >= 15 is 0 Å². The maximum Gasteiger partial charge on any atom is 0.0449 e. The Morgan fingerprint density at radius 2 is 1.80 bits per heavy atom. The summed E-state index contributed by atoms with van der Waals surface area (Å²) in [5.41, 5.74) is 1.89. The summed E-state index contributed by atoms with van der Waals surface area (Å²) in [7, 11) is 0. The van der Waals surface area contributed by atoms with Crippen molar-refractivity contribution in [3.8, 4) is 0 Å². The van der Waals surface area contributed by atoms with Gasteiger partial charge in [-0.25, -0.2) is 0 Å². The van der Waals surface area contributed by atoms with Crippen molar-refractivity contribution in [1.82, 2.24) is 10.2 Å². The number of rotatable bonds is 2. The molecular weight excluding hydrogens is 244 g/mol. The molecule has 1 aromatic carbocycles. The van der Waals surface area contributed by atoms with Gasteiger partial charge >= 0.3 is 0 Å². The molecular formula is C18H28N2. The number of hydrogen-bond donors (Lipinski definition) is 1. The highest BCUT2D eigenvalue weighted by atomic mass is 15.2. The van der Waals surface area contributed by atoms with E-state index in [1.165, 1.54) is 57.2 Å². The van der Waals surface area contributed by atoms with Gasteiger partial charge in [-0.2, -0.15) is 0 Å². The zero-order valence-electron chi connectivity index (χ0n) is 12.8. The summed E-state index contributed by atoms with van der Waals surface area (Å²) in [5.74, 6) is 0. The van der Waals surface area contributed by atoms with Crippen LogP contribution in [-0.2, 0) is 0 Å². The predicted octanol–water partition coefficient (Wildman–Crippen LogP) is 3.75. The van der Waals surface area contributed by atoms with E-state index in [4.69, 9.17) is 0 Å². The molecule has 1 aliphatic heterocycles. The number of benzene rings is 1. The molecule has 1 aromatic rings. The molecule has 0 bridgehead atoms. The molecule has 110 valence electrons. The van der Waals surface area contributed by atoms with Crippen molar-refractivity contribution in [1.29, 1.82) is 0 Å². The second-order valence-corrected chi connectivity index (χ2v) is 6.77. The van der Waals surface area contributed by atoms with E-state index in [0.717, 1.165) is 6.54 Å². The standard InChI is InChI=1S/C18H28N2/c1-18(11-6-3-7-12-18)20-14-8-13-19-17(15-20)16-9-4-2-5-10-16/h2,4-5,9-10,17,19H,3,6-8,11-15H2,1H3. The van der Waals surface area contributed by atoms with Gasteiger partial charge in [-0.3, -0.25) is 4.90 Å². The summed E-state index contributed by atoms with van der Waals surface area (Å²) in [6.07, 6.45) is 8.30. The minimum absolute atomic E-state index is 0.442. The van der Waals surface area contributed by atoms with Crippen molar-refractivity contribution >= 4 is 0 Å². The van der Waals surface area contributed by atoms with Gasteiger partial charge in [0.15, 0.2) is 0 Å². The highest BCUT2D eigenvalue weighted by molar-refractivity contribution is 5.19. The van der Waals surface area contributed by atoms with Gasteiger partial charge in [-0.05, 0) is 44.8 Å². The van der Waals surface area contributed by atoms with Crippen LogP contribution in [0.1, 0.15) is 57.1 Å². The van der Waals surface area contributed by atoms with Crippen molar-refractivity contribution in [3.63, 3.8) is 0 Å². The minimum Gasteiger partial charge on any atom is -0.309 e. The van der Waals surface area contributed by atoms with Crippen LogP contribution < -0.4 is 5.32 Å². The van der Waals surface area contributed by atoms with Crippen LogP contribution in [0.15, 0.2) is 30.3 Å². The first kappa shape index (κ1) is 14.1. The Balaban J connectivity index is 1.75. The molecule has 1 saturated heterocycles.